The molecule has 0 saturated heterocycles. The molecule has 5 heteroatoms. The fourth-order valence-electron chi connectivity index (χ4n) is 3.80. The van der Waals surface area contributed by atoms with E-state index in [1.807, 2.05) is 60.7 Å². The summed E-state index contributed by atoms with van der Waals surface area (Å²) in [6.45, 7) is 5.34. The summed E-state index contributed by atoms with van der Waals surface area (Å²) >= 11 is 0. The highest BCUT2D eigenvalue weighted by Crippen LogP contribution is 2.29. The normalized spacial score (nSPS) is 10.6. The number of hydrogen-bond acceptors (Lipinski definition) is 4. The van der Waals surface area contributed by atoms with Gasteiger partial charge in [-0.15, -0.1) is 0 Å². The average Bonchev–Trinajstić information content (AvgIpc) is 2.82. The molecule has 0 unspecified atom stereocenters. The maximum Gasteiger partial charge on any atom is 0.307 e. The minimum absolute atomic E-state index is 0.0279. The minimum atomic E-state index is -0.824. The van der Waals surface area contributed by atoms with Gasteiger partial charge in [0.15, 0.2) is 0 Å². The summed E-state index contributed by atoms with van der Waals surface area (Å²) in [4.78, 5) is 11.0. The number of benzene rings is 3. The minimum Gasteiger partial charge on any atom is -0.493 e. The average molecular weight is 463 g/mol. The van der Waals surface area contributed by atoms with E-state index in [-0.39, 0.29) is 6.42 Å². The van der Waals surface area contributed by atoms with E-state index in [1.165, 1.54) is 0 Å². The van der Waals surface area contributed by atoms with Crippen molar-refractivity contribution >= 4 is 5.97 Å². The second kappa shape index (κ2) is 13.3. The van der Waals surface area contributed by atoms with Gasteiger partial charge in [0.1, 0.15) is 23.0 Å². The molecule has 0 radical (unpaired) electrons. The lowest BCUT2D eigenvalue weighted by Gasteiger charge is -2.15. The lowest BCUT2D eigenvalue weighted by atomic mass is 10.0. The van der Waals surface area contributed by atoms with Crippen molar-refractivity contribution in [1.82, 2.24) is 0 Å². The van der Waals surface area contributed by atoms with Gasteiger partial charge in [-0.05, 0) is 65.9 Å². The molecule has 0 saturated carbocycles. The number of carboxylic acid groups (broad SMARTS) is 1. The molecular weight excluding hydrogens is 428 g/mol. The van der Waals surface area contributed by atoms with Crippen molar-refractivity contribution in [3.05, 3.63) is 83.4 Å². The molecule has 0 fully saturated rings. The van der Waals surface area contributed by atoms with E-state index < -0.39 is 5.97 Å². The van der Waals surface area contributed by atoms with Crippen molar-refractivity contribution in [3.63, 3.8) is 0 Å². The van der Waals surface area contributed by atoms with Crippen LogP contribution in [-0.4, -0.2) is 24.3 Å². The van der Waals surface area contributed by atoms with Crippen molar-refractivity contribution in [1.29, 1.82) is 0 Å². The molecule has 180 valence electrons. The third-order valence-electron chi connectivity index (χ3n) is 5.33. The Morgan fingerprint density at radius 2 is 1.38 bits per heavy atom. The standard InChI is InChI=1S/C29H34O5/c1-3-9-23-19-22(20-29(30)31)13-15-27(23)32-17-8-18-33-28-16-14-26(21-24(28)10-4-2)34-25-11-6-5-7-12-25/h5-7,11-16,19,21H,3-4,8-10,17-18,20H2,1-2H3,(H,30,31). The Kier molecular flexibility index (Phi) is 9.83. The molecule has 5 nitrogen and oxygen atoms in total. The van der Waals surface area contributed by atoms with Crippen LogP contribution >= 0.6 is 0 Å². The van der Waals surface area contributed by atoms with E-state index in [0.717, 1.165) is 71.8 Å². The van der Waals surface area contributed by atoms with E-state index in [4.69, 9.17) is 19.3 Å². The number of hydrogen-bond donors (Lipinski definition) is 1. The number of para-hydroxylation sites is 1. The third kappa shape index (κ3) is 7.84. The number of aliphatic carboxylic acids is 1. The molecule has 0 aliphatic carbocycles. The first kappa shape index (κ1) is 25.2. The molecule has 0 spiro atoms. The van der Waals surface area contributed by atoms with Gasteiger partial charge in [0.25, 0.3) is 0 Å². The number of carboxylic acids is 1. The smallest absolute Gasteiger partial charge is 0.307 e. The molecule has 0 bridgehead atoms. The molecule has 0 aliphatic heterocycles. The maximum atomic E-state index is 11.0. The number of aryl methyl sites for hydroxylation is 2. The lowest BCUT2D eigenvalue weighted by Crippen LogP contribution is -2.08. The Hall–Kier alpha value is -3.47. The predicted molar refractivity (Wildman–Crippen MR) is 134 cm³/mol. The van der Waals surface area contributed by atoms with E-state index in [2.05, 4.69) is 19.9 Å². The van der Waals surface area contributed by atoms with E-state index >= 15 is 0 Å². The van der Waals surface area contributed by atoms with Gasteiger partial charge in [0.2, 0.25) is 0 Å². The van der Waals surface area contributed by atoms with Crippen molar-refractivity contribution in [2.75, 3.05) is 13.2 Å². The second-order valence-electron chi connectivity index (χ2n) is 8.25. The summed E-state index contributed by atoms with van der Waals surface area (Å²) in [6.07, 6.45) is 4.54. The van der Waals surface area contributed by atoms with Crippen molar-refractivity contribution < 1.29 is 24.1 Å². The summed E-state index contributed by atoms with van der Waals surface area (Å²) < 4.78 is 18.0. The monoisotopic (exact) mass is 462 g/mol. The number of ether oxygens (including phenoxy) is 3. The Bertz CT molecular complexity index is 1050. The maximum absolute atomic E-state index is 11.0. The molecule has 34 heavy (non-hydrogen) atoms. The fraction of sp³-hybridized carbons (Fsp3) is 0.345. The zero-order valence-corrected chi connectivity index (χ0v) is 20.1. The van der Waals surface area contributed by atoms with Crippen LogP contribution in [0.5, 0.6) is 23.0 Å². The highest BCUT2D eigenvalue weighted by molar-refractivity contribution is 5.70. The Labute approximate surface area is 202 Å². The van der Waals surface area contributed by atoms with Gasteiger partial charge in [-0.2, -0.15) is 0 Å². The fourth-order valence-corrected chi connectivity index (χ4v) is 3.80. The summed E-state index contributed by atoms with van der Waals surface area (Å²) in [5, 5.41) is 9.03. The van der Waals surface area contributed by atoms with Crippen LogP contribution in [0.15, 0.2) is 66.7 Å². The zero-order chi connectivity index (χ0) is 24.2. The van der Waals surface area contributed by atoms with Crippen molar-refractivity contribution in [2.45, 2.75) is 52.4 Å². The second-order valence-corrected chi connectivity index (χ2v) is 8.25. The first-order chi connectivity index (χ1) is 16.6. The van der Waals surface area contributed by atoms with Gasteiger partial charge in [-0.25, -0.2) is 0 Å². The summed E-state index contributed by atoms with van der Waals surface area (Å²) in [5.41, 5.74) is 2.99. The highest BCUT2D eigenvalue weighted by Gasteiger charge is 2.09. The highest BCUT2D eigenvalue weighted by atomic mass is 16.5. The third-order valence-corrected chi connectivity index (χ3v) is 5.33. The molecule has 3 rings (SSSR count). The van der Waals surface area contributed by atoms with Crippen molar-refractivity contribution in [2.24, 2.45) is 0 Å². The van der Waals surface area contributed by atoms with E-state index in [1.54, 1.807) is 0 Å². The van der Waals surface area contributed by atoms with Gasteiger partial charge in [0, 0.05) is 6.42 Å². The Balaban J connectivity index is 1.53. The first-order valence-electron chi connectivity index (χ1n) is 12.0. The molecular formula is C29H34O5. The van der Waals surface area contributed by atoms with Crippen LogP contribution in [-0.2, 0) is 24.1 Å². The molecule has 3 aromatic carbocycles. The van der Waals surface area contributed by atoms with Gasteiger partial charge >= 0.3 is 5.97 Å². The van der Waals surface area contributed by atoms with Crippen LogP contribution in [0.4, 0.5) is 0 Å². The van der Waals surface area contributed by atoms with Crippen LogP contribution in [0.2, 0.25) is 0 Å². The molecule has 1 N–H and O–H groups in total. The molecule has 0 heterocycles. The van der Waals surface area contributed by atoms with Crippen molar-refractivity contribution in [3.8, 4) is 23.0 Å². The SMILES string of the molecule is CCCc1cc(CC(=O)O)ccc1OCCCOc1ccc(Oc2ccccc2)cc1CCC. The van der Waals surface area contributed by atoms with Crippen LogP contribution in [0.1, 0.15) is 49.8 Å². The lowest BCUT2D eigenvalue weighted by molar-refractivity contribution is -0.136. The van der Waals surface area contributed by atoms with Gasteiger partial charge in [-0.3, -0.25) is 4.79 Å². The first-order valence-corrected chi connectivity index (χ1v) is 12.0. The molecule has 0 amide bonds. The van der Waals surface area contributed by atoms with Gasteiger partial charge in [0.05, 0.1) is 19.6 Å². The molecule has 3 aromatic rings. The summed E-state index contributed by atoms with van der Waals surface area (Å²) in [7, 11) is 0. The van der Waals surface area contributed by atoms with Gasteiger partial charge < -0.3 is 19.3 Å². The Morgan fingerprint density at radius 1 is 0.765 bits per heavy atom. The van der Waals surface area contributed by atoms with E-state index in [9.17, 15) is 4.79 Å². The van der Waals surface area contributed by atoms with Crippen LogP contribution in [0.25, 0.3) is 0 Å². The Morgan fingerprint density at radius 3 is 2.00 bits per heavy atom. The predicted octanol–water partition coefficient (Wildman–Crippen LogP) is 6.86. The quantitative estimate of drug-likeness (QED) is 0.265. The van der Waals surface area contributed by atoms with E-state index in [0.29, 0.717) is 13.2 Å². The summed E-state index contributed by atoms with van der Waals surface area (Å²) in [5.74, 6) is 2.50. The number of rotatable bonds is 14. The summed E-state index contributed by atoms with van der Waals surface area (Å²) in [6, 6.07) is 21.4. The number of carbonyl (C=O) groups is 1. The zero-order valence-electron chi connectivity index (χ0n) is 20.1. The van der Waals surface area contributed by atoms with Crippen LogP contribution in [0, 0.1) is 0 Å². The van der Waals surface area contributed by atoms with Crippen LogP contribution < -0.4 is 14.2 Å². The van der Waals surface area contributed by atoms with Gasteiger partial charge in [-0.1, -0.05) is 57.0 Å². The largest absolute Gasteiger partial charge is 0.493 e. The molecule has 0 aromatic heterocycles. The molecule has 0 atom stereocenters. The van der Waals surface area contributed by atoms with Crippen LogP contribution in [0.3, 0.4) is 0 Å². The molecule has 0 aliphatic rings. The topological polar surface area (TPSA) is 65.0 Å².